The summed E-state index contributed by atoms with van der Waals surface area (Å²) in [4.78, 5) is 0. The quantitative estimate of drug-likeness (QED) is 0.821. The van der Waals surface area contributed by atoms with Gasteiger partial charge in [-0.25, -0.2) is 0 Å². The smallest absolute Gasteiger partial charge is 0.512 e. The molecule has 0 aromatic heterocycles. The molecule has 0 unspecified atom stereocenters. The van der Waals surface area contributed by atoms with E-state index in [4.69, 9.17) is 32.5 Å². The molecule has 19 heavy (non-hydrogen) atoms. The second-order valence-electron chi connectivity index (χ2n) is 5.19. The van der Waals surface area contributed by atoms with E-state index in [-0.39, 0.29) is 0 Å². The van der Waals surface area contributed by atoms with E-state index in [2.05, 4.69) is 0 Å². The third-order valence-corrected chi connectivity index (χ3v) is 3.74. The number of benzene rings is 1. The SMILES string of the molecule is CC(C)(O)C(C)(C)OB(O)Oc1ccc(Cl)c(Cl)c1. The summed E-state index contributed by atoms with van der Waals surface area (Å²) >= 11 is 11.6. The Labute approximate surface area is 123 Å². The van der Waals surface area contributed by atoms with Crippen LogP contribution in [-0.2, 0) is 4.65 Å². The second kappa shape index (κ2) is 5.89. The van der Waals surface area contributed by atoms with E-state index in [9.17, 15) is 10.1 Å². The van der Waals surface area contributed by atoms with Gasteiger partial charge in [-0.15, -0.1) is 0 Å². The fourth-order valence-electron chi connectivity index (χ4n) is 1.09. The summed E-state index contributed by atoms with van der Waals surface area (Å²) in [5, 5.41) is 20.3. The third kappa shape index (κ3) is 4.54. The first kappa shape index (κ1) is 16.6. The lowest BCUT2D eigenvalue weighted by Crippen LogP contribution is -2.51. The molecule has 0 bridgehead atoms. The van der Waals surface area contributed by atoms with Crippen LogP contribution < -0.4 is 4.65 Å². The summed E-state index contributed by atoms with van der Waals surface area (Å²) in [6, 6.07) is 4.57. The van der Waals surface area contributed by atoms with Crippen LogP contribution in [0.2, 0.25) is 10.0 Å². The van der Waals surface area contributed by atoms with Crippen molar-refractivity contribution in [3.05, 3.63) is 28.2 Å². The second-order valence-corrected chi connectivity index (χ2v) is 6.00. The maximum Gasteiger partial charge on any atom is 0.710 e. The van der Waals surface area contributed by atoms with Crippen molar-refractivity contribution in [3.8, 4) is 5.75 Å². The van der Waals surface area contributed by atoms with E-state index in [1.807, 2.05) is 0 Å². The monoisotopic (exact) mass is 306 g/mol. The van der Waals surface area contributed by atoms with E-state index < -0.39 is 18.5 Å². The predicted octanol–water partition coefficient (Wildman–Crippen LogP) is 2.92. The van der Waals surface area contributed by atoms with Crippen LogP contribution in [-0.4, -0.2) is 28.7 Å². The summed E-state index contributed by atoms with van der Waals surface area (Å²) in [7, 11) is -1.53. The molecule has 1 aromatic rings. The normalized spacial score (nSPS) is 12.4. The molecule has 0 heterocycles. The van der Waals surface area contributed by atoms with Crippen LogP contribution in [0.1, 0.15) is 27.7 Å². The van der Waals surface area contributed by atoms with Gasteiger partial charge in [-0.2, -0.15) is 0 Å². The molecule has 1 aromatic carbocycles. The van der Waals surface area contributed by atoms with Crippen molar-refractivity contribution < 1.29 is 19.4 Å². The average Bonchev–Trinajstić information content (AvgIpc) is 2.21. The van der Waals surface area contributed by atoms with Crippen LogP contribution >= 0.6 is 23.2 Å². The van der Waals surface area contributed by atoms with Gasteiger partial charge in [0.25, 0.3) is 0 Å². The van der Waals surface area contributed by atoms with Gasteiger partial charge in [0.15, 0.2) is 0 Å². The Hall–Kier alpha value is -0.455. The zero-order valence-corrected chi connectivity index (χ0v) is 12.8. The predicted molar refractivity (Wildman–Crippen MR) is 76.5 cm³/mol. The summed E-state index contributed by atoms with van der Waals surface area (Å²) < 4.78 is 10.4. The van der Waals surface area contributed by atoms with Gasteiger partial charge in [-0.1, -0.05) is 23.2 Å². The maximum atomic E-state index is 9.91. The molecule has 0 amide bonds. The fraction of sp³-hybridized carbons (Fsp3) is 0.500. The standard InChI is InChI=1S/C12H17BCl2O4/c1-11(2,16)12(3,4)19-13(17)18-8-5-6-9(14)10(15)7-8/h5-7,16-17H,1-4H3. The molecule has 4 nitrogen and oxygen atoms in total. The van der Waals surface area contributed by atoms with Gasteiger partial charge in [0.05, 0.1) is 21.2 Å². The summed E-state index contributed by atoms with van der Waals surface area (Å²) in [6.07, 6.45) is 0. The highest BCUT2D eigenvalue weighted by atomic mass is 35.5. The molecule has 0 saturated heterocycles. The molecule has 0 spiro atoms. The zero-order valence-electron chi connectivity index (χ0n) is 11.3. The molecule has 0 saturated carbocycles. The highest BCUT2D eigenvalue weighted by Gasteiger charge is 2.40. The maximum absolute atomic E-state index is 9.91. The van der Waals surface area contributed by atoms with Crippen LogP contribution in [0.3, 0.4) is 0 Å². The van der Waals surface area contributed by atoms with Crippen molar-refractivity contribution in [2.24, 2.45) is 0 Å². The molecule has 0 atom stereocenters. The topological polar surface area (TPSA) is 58.9 Å². The fourth-order valence-corrected chi connectivity index (χ4v) is 1.37. The van der Waals surface area contributed by atoms with Crippen LogP contribution in [0.4, 0.5) is 0 Å². The van der Waals surface area contributed by atoms with Gasteiger partial charge in [-0.3, -0.25) is 0 Å². The van der Waals surface area contributed by atoms with Crippen LogP contribution in [0.5, 0.6) is 5.75 Å². The van der Waals surface area contributed by atoms with Gasteiger partial charge in [0.2, 0.25) is 0 Å². The highest BCUT2D eigenvalue weighted by Crippen LogP contribution is 2.28. The number of hydrogen-bond donors (Lipinski definition) is 2. The molecular weight excluding hydrogens is 290 g/mol. The Morgan fingerprint density at radius 3 is 2.16 bits per heavy atom. The van der Waals surface area contributed by atoms with Gasteiger partial charge in [0, 0.05) is 0 Å². The third-order valence-electron chi connectivity index (χ3n) is 3.00. The summed E-state index contributed by atoms with van der Waals surface area (Å²) in [6.45, 7) is 6.46. The van der Waals surface area contributed by atoms with Crippen molar-refractivity contribution in [1.29, 1.82) is 0 Å². The Morgan fingerprint density at radius 2 is 1.68 bits per heavy atom. The van der Waals surface area contributed by atoms with Crippen LogP contribution in [0.25, 0.3) is 0 Å². The molecule has 106 valence electrons. The van der Waals surface area contributed by atoms with E-state index in [1.165, 1.54) is 6.07 Å². The molecule has 2 N–H and O–H groups in total. The number of rotatable bonds is 5. The Kier molecular flexibility index (Phi) is 5.15. The van der Waals surface area contributed by atoms with Gasteiger partial charge in [-0.05, 0) is 45.9 Å². The van der Waals surface area contributed by atoms with Crippen molar-refractivity contribution >= 4 is 30.5 Å². The van der Waals surface area contributed by atoms with Crippen molar-refractivity contribution in [1.82, 2.24) is 0 Å². The molecule has 0 radical (unpaired) electrons. The average molecular weight is 307 g/mol. The van der Waals surface area contributed by atoms with Gasteiger partial charge < -0.3 is 19.4 Å². The van der Waals surface area contributed by atoms with Crippen molar-refractivity contribution in [3.63, 3.8) is 0 Å². The lowest BCUT2D eigenvalue weighted by Gasteiger charge is -2.37. The Balaban J connectivity index is 2.70. The molecule has 0 fully saturated rings. The first-order valence-corrected chi connectivity index (χ1v) is 6.48. The largest absolute Gasteiger partial charge is 0.710 e. The highest BCUT2D eigenvalue weighted by molar-refractivity contribution is 6.42. The lowest BCUT2D eigenvalue weighted by atomic mass is 9.88. The van der Waals surface area contributed by atoms with E-state index >= 15 is 0 Å². The van der Waals surface area contributed by atoms with Gasteiger partial charge >= 0.3 is 7.32 Å². The molecule has 0 aliphatic rings. The minimum atomic E-state index is -1.53. The van der Waals surface area contributed by atoms with Gasteiger partial charge in [0.1, 0.15) is 5.75 Å². The molecular formula is C12H17BCl2O4. The van der Waals surface area contributed by atoms with Crippen molar-refractivity contribution in [2.75, 3.05) is 0 Å². The van der Waals surface area contributed by atoms with Crippen LogP contribution in [0, 0.1) is 0 Å². The number of halogens is 2. The van der Waals surface area contributed by atoms with E-state index in [1.54, 1.807) is 39.8 Å². The zero-order chi connectivity index (χ0) is 14.8. The van der Waals surface area contributed by atoms with Crippen molar-refractivity contribution in [2.45, 2.75) is 38.9 Å². The first-order valence-electron chi connectivity index (χ1n) is 5.73. The molecule has 1 rings (SSSR count). The summed E-state index contributed by atoms with van der Waals surface area (Å²) in [5.74, 6) is 0.313. The Morgan fingerprint density at radius 1 is 1.11 bits per heavy atom. The molecule has 0 aliphatic heterocycles. The minimum absolute atomic E-state index is 0.313. The minimum Gasteiger partial charge on any atom is -0.512 e. The summed E-state index contributed by atoms with van der Waals surface area (Å²) in [5.41, 5.74) is -2.14. The van der Waals surface area contributed by atoms with E-state index in [0.29, 0.717) is 15.8 Å². The molecule has 0 aliphatic carbocycles. The number of aliphatic hydroxyl groups is 1. The first-order chi connectivity index (χ1) is 8.53. The molecule has 7 heteroatoms. The Bertz CT molecular complexity index is 446. The number of hydrogen-bond acceptors (Lipinski definition) is 4. The van der Waals surface area contributed by atoms with Crippen LogP contribution in [0.15, 0.2) is 18.2 Å². The lowest BCUT2D eigenvalue weighted by molar-refractivity contribution is -0.108. The van der Waals surface area contributed by atoms with E-state index in [0.717, 1.165) is 0 Å².